The Labute approximate surface area is 172 Å². The Morgan fingerprint density at radius 1 is 0.931 bits per heavy atom. The molecule has 144 valence electrons. The quantitative estimate of drug-likeness (QED) is 0.474. The van der Waals surface area contributed by atoms with Gasteiger partial charge in [0, 0.05) is 22.3 Å². The molecular weight excluding hydrogens is 388 g/mol. The third-order valence-corrected chi connectivity index (χ3v) is 4.97. The molecule has 0 radical (unpaired) electrons. The fourth-order valence-electron chi connectivity index (χ4n) is 3.35. The molecule has 29 heavy (non-hydrogen) atoms. The van der Waals surface area contributed by atoms with E-state index < -0.39 is 5.97 Å². The number of halogens is 1. The first-order chi connectivity index (χ1) is 14.0. The first kappa shape index (κ1) is 18.8. The minimum absolute atomic E-state index is 0.154. The standard InChI is InChI=1S/C23H17ClN2O3/c24-19-9-5-4-8-18(19)23(29)25-17-10-11-20-16(12-17)13-21(26(20)14-22(27)28)15-6-2-1-3-7-15/h1-13H,14H2,(H,25,29)(H,27,28). The van der Waals surface area contributed by atoms with Crippen LogP contribution in [-0.2, 0) is 11.3 Å². The van der Waals surface area contributed by atoms with Crippen molar-refractivity contribution in [3.63, 3.8) is 0 Å². The van der Waals surface area contributed by atoms with Crippen LogP contribution in [0.4, 0.5) is 5.69 Å². The predicted molar refractivity (Wildman–Crippen MR) is 114 cm³/mol. The maximum Gasteiger partial charge on any atom is 0.323 e. The molecule has 2 N–H and O–H groups in total. The zero-order valence-corrected chi connectivity index (χ0v) is 16.1. The first-order valence-electron chi connectivity index (χ1n) is 8.99. The molecule has 4 aromatic rings. The van der Waals surface area contributed by atoms with Gasteiger partial charge in [-0.05, 0) is 42.0 Å². The van der Waals surface area contributed by atoms with E-state index in [-0.39, 0.29) is 12.5 Å². The number of carboxylic acids is 1. The highest BCUT2D eigenvalue weighted by atomic mass is 35.5. The number of rotatable bonds is 5. The van der Waals surface area contributed by atoms with E-state index in [9.17, 15) is 14.7 Å². The Hall–Kier alpha value is -3.57. The number of nitrogens with one attached hydrogen (secondary N) is 1. The second-order valence-corrected chi connectivity index (χ2v) is 6.99. The van der Waals surface area contributed by atoms with E-state index in [4.69, 9.17) is 11.6 Å². The summed E-state index contributed by atoms with van der Waals surface area (Å²) in [7, 11) is 0. The Bertz CT molecular complexity index is 1220. The SMILES string of the molecule is O=C(O)Cn1c(-c2ccccc2)cc2cc(NC(=O)c3ccccc3Cl)ccc21. The molecule has 0 atom stereocenters. The Morgan fingerprint density at radius 2 is 1.66 bits per heavy atom. The summed E-state index contributed by atoms with van der Waals surface area (Å²) in [5, 5.41) is 13.4. The van der Waals surface area contributed by atoms with Crippen LogP contribution >= 0.6 is 11.6 Å². The number of benzene rings is 3. The van der Waals surface area contributed by atoms with Crippen molar-refractivity contribution in [3.8, 4) is 11.3 Å². The summed E-state index contributed by atoms with van der Waals surface area (Å²) in [5.74, 6) is -1.22. The highest BCUT2D eigenvalue weighted by molar-refractivity contribution is 6.34. The number of carbonyl (C=O) groups is 2. The predicted octanol–water partition coefficient (Wildman–Crippen LogP) is 5.30. The van der Waals surface area contributed by atoms with Crippen LogP contribution in [-0.4, -0.2) is 21.6 Å². The molecule has 0 spiro atoms. The van der Waals surface area contributed by atoms with Crippen LogP contribution in [0, 0.1) is 0 Å². The number of carbonyl (C=O) groups excluding carboxylic acids is 1. The number of hydrogen-bond donors (Lipinski definition) is 2. The number of fused-ring (bicyclic) bond motifs is 1. The minimum atomic E-state index is -0.921. The molecule has 0 unspecified atom stereocenters. The number of aliphatic carboxylic acids is 1. The van der Waals surface area contributed by atoms with E-state index >= 15 is 0 Å². The van der Waals surface area contributed by atoms with Crippen molar-refractivity contribution < 1.29 is 14.7 Å². The zero-order chi connectivity index (χ0) is 20.4. The van der Waals surface area contributed by atoms with Crippen LogP contribution in [0.1, 0.15) is 10.4 Å². The number of amides is 1. The first-order valence-corrected chi connectivity index (χ1v) is 9.37. The van der Waals surface area contributed by atoms with Gasteiger partial charge in [-0.15, -0.1) is 0 Å². The summed E-state index contributed by atoms with van der Waals surface area (Å²) >= 11 is 6.10. The van der Waals surface area contributed by atoms with E-state index in [0.717, 1.165) is 22.2 Å². The van der Waals surface area contributed by atoms with E-state index in [2.05, 4.69) is 5.32 Å². The number of nitrogens with zero attached hydrogens (tertiary/aromatic N) is 1. The van der Waals surface area contributed by atoms with Crippen molar-refractivity contribution in [2.75, 3.05) is 5.32 Å². The second-order valence-electron chi connectivity index (χ2n) is 6.58. The summed E-state index contributed by atoms with van der Waals surface area (Å²) in [6.45, 7) is -0.154. The number of aromatic nitrogens is 1. The summed E-state index contributed by atoms with van der Waals surface area (Å²) in [5.41, 5.74) is 3.50. The van der Waals surface area contributed by atoms with E-state index in [0.29, 0.717) is 16.3 Å². The second kappa shape index (κ2) is 7.81. The molecule has 0 saturated heterocycles. The van der Waals surface area contributed by atoms with Crippen LogP contribution < -0.4 is 5.32 Å². The summed E-state index contributed by atoms with van der Waals surface area (Å²) in [4.78, 5) is 23.9. The van der Waals surface area contributed by atoms with Crippen LogP contribution in [0.5, 0.6) is 0 Å². The van der Waals surface area contributed by atoms with Gasteiger partial charge in [0.15, 0.2) is 0 Å². The van der Waals surface area contributed by atoms with Crippen molar-refractivity contribution >= 4 is 40.1 Å². The topological polar surface area (TPSA) is 71.3 Å². The fourth-order valence-corrected chi connectivity index (χ4v) is 3.57. The average molecular weight is 405 g/mol. The largest absolute Gasteiger partial charge is 0.480 e. The van der Waals surface area contributed by atoms with Crippen molar-refractivity contribution in [2.45, 2.75) is 6.54 Å². The summed E-state index contributed by atoms with van der Waals surface area (Å²) in [6.07, 6.45) is 0. The Kier molecular flexibility index (Phi) is 5.06. The van der Waals surface area contributed by atoms with E-state index in [1.54, 1.807) is 34.9 Å². The molecule has 1 heterocycles. The molecule has 0 saturated carbocycles. The fraction of sp³-hybridized carbons (Fsp3) is 0.0435. The number of hydrogen-bond acceptors (Lipinski definition) is 2. The molecule has 1 amide bonds. The highest BCUT2D eigenvalue weighted by Crippen LogP contribution is 2.30. The summed E-state index contributed by atoms with van der Waals surface area (Å²) < 4.78 is 1.76. The Morgan fingerprint density at radius 3 is 2.38 bits per heavy atom. The number of carboxylic acid groups (broad SMARTS) is 1. The van der Waals surface area contributed by atoms with Crippen molar-refractivity contribution in [1.82, 2.24) is 4.57 Å². The van der Waals surface area contributed by atoms with E-state index in [1.165, 1.54) is 0 Å². The van der Waals surface area contributed by atoms with Crippen LogP contribution in [0.3, 0.4) is 0 Å². The lowest BCUT2D eigenvalue weighted by molar-refractivity contribution is -0.137. The summed E-state index contributed by atoms with van der Waals surface area (Å²) in [6, 6.07) is 23.8. The highest BCUT2D eigenvalue weighted by Gasteiger charge is 2.15. The molecule has 0 fully saturated rings. The van der Waals surface area contributed by atoms with Crippen LogP contribution in [0.25, 0.3) is 22.2 Å². The van der Waals surface area contributed by atoms with Crippen LogP contribution in [0.15, 0.2) is 78.9 Å². The van der Waals surface area contributed by atoms with Gasteiger partial charge in [0.05, 0.1) is 10.6 Å². The smallest absolute Gasteiger partial charge is 0.323 e. The molecule has 0 aliphatic heterocycles. The van der Waals surface area contributed by atoms with Gasteiger partial charge in [-0.1, -0.05) is 54.1 Å². The van der Waals surface area contributed by atoms with Crippen LogP contribution in [0.2, 0.25) is 5.02 Å². The molecule has 4 rings (SSSR count). The van der Waals surface area contributed by atoms with Crippen molar-refractivity contribution in [2.24, 2.45) is 0 Å². The van der Waals surface area contributed by atoms with Gasteiger partial charge in [-0.25, -0.2) is 0 Å². The van der Waals surface area contributed by atoms with E-state index in [1.807, 2.05) is 48.5 Å². The Balaban J connectivity index is 1.73. The third kappa shape index (κ3) is 3.86. The zero-order valence-electron chi connectivity index (χ0n) is 15.3. The van der Waals surface area contributed by atoms with Gasteiger partial charge in [-0.2, -0.15) is 0 Å². The normalized spacial score (nSPS) is 10.8. The maximum atomic E-state index is 12.5. The molecule has 0 aliphatic rings. The molecule has 6 heteroatoms. The molecule has 0 aliphatic carbocycles. The molecule has 0 bridgehead atoms. The van der Waals surface area contributed by atoms with Gasteiger partial charge < -0.3 is 15.0 Å². The lowest BCUT2D eigenvalue weighted by Crippen LogP contribution is -2.12. The van der Waals surface area contributed by atoms with Gasteiger partial charge in [0.25, 0.3) is 5.91 Å². The van der Waals surface area contributed by atoms with Gasteiger partial charge in [0.2, 0.25) is 0 Å². The minimum Gasteiger partial charge on any atom is -0.480 e. The monoisotopic (exact) mass is 404 g/mol. The lowest BCUT2D eigenvalue weighted by atomic mass is 10.1. The van der Waals surface area contributed by atoms with Crippen molar-refractivity contribution in [3.05, 3.63) is 89.4 Å². The maximum absolute atomic E-state index is 12.5. The van der Waals surface area contributed by atoms with Crippen molar-refractivity contribution in [1.29, 1.82) is 0 Å². The van der Waals surface area contributed by atoms with Gasteiger partial charge in [0.1, 0.15) is 6.54 Å². The molecule has 1 aromatic heterocycles. The average Bonchev–Trinajstić information content (AvgIpc) is 3.06. The van der Waals surface area contributed by atoms with Gasteiger partial charge in [-0.3, -0.25) is 9.59 Å². The number of anilines is 1. The van der Waals surface area contributed by atoms with Gasteiger partial charge >= 0.3 is 5.97 Å². The molecular formula is C23H17ClN2O3. The third-order valence-electron chi connectivity index (χ3n) is 4.64. The molecule has 5 nitrogen and oxygen atoms in total. The molecule has 3 aromatic carbocycles. The lowest BCUT2D eigenvalue weighted by Gasteiger charge is -2.09.